The third-order valence-electron chi connectivity index (χ3n) is 6.63. The number of benzene rings is 4. The topological polar surface area (TPSA) is 14.2 Å². The van der Waals surface area contributed by atoms with Gasteiger partial charge in [0.25, 0.3) is 0 Å². The number of nitrogens with zero attached hydrogens (tertiary/aromatic N) is 1. The van der Waals surface area contributed by atoms with Gasteiger partial charge in [0.15, 0.2) is 0 Å². The van der Waals surface area contributed by atoms with Gasteiger partial charge in [0, 0.05) is 24.2 Å². The number of ether oxygens (including phenoxy) is 1. The Bertz CT molecular complexity index is 1410. The minimum atomic E-state index is 0.823. The molecular weight excluding hydrogens is 402 g/mol. The van der Waals surface area contributed by atoms with Gasteiger partial charge in [-0.15, -0.1) is 0 Å². The highest BCUT2D eigenvalue weighted by Gasteiger charge is 2.13. The Kier molecular flexibility index (Phi) is 5.75. The van der Waals surface area contributed by atoms with Gasteiger partial charge in [0.1, 0.15) is 5.75 Å². The van der Waals surface area contributed by atoms with E-state index < -0.39 is 0 Å². The molecule has 5 rings (SSSR count). The first-order valence-corrected chi connectivity index (χ1v) is 11.5. The fraction of sp³-hybridized carbons (Fsp3) is 0.161. The van der Waals surface area contributed by atoms with Crippen LogP contribution < -0.4 is 4.74 Å². The molecule has 2 nitrogen and oxygen atoms in total. The first-order chi connectivity index (χ1) is 16.1. The molecule has 0 fully saturated rings. The normalized spacial score (nSPS) is 11.1. The van der Waals surface area contributed by atoms with E-state index in [1.807, 2.05) is 0 Å². The van der Waals surface area contributed by atoms with Crippen molar-refractivity contribution in [3.05, 3.63) is 125 Å². The molecule has 0 aliphatic rings. The van der Waals surface area contributed by atoms with Gasteiger partial charge in [-0.2, -0.15) is 0 Å². The van der Waals surface area contributed by atoms with Gasteiger partial charge >= 0.3 is 0 Å². The smallest absolute Gasteiger partial charge is 0.120 e. The zero-order valence-electron chi connectivity index (χ0n) is 19.5. The number of methoxy groups -OCH3 is 1. The number of aromatic nitrogens is 1. The molecule has 0 radical (unpaired) electrons. The minimum absolute atomic E-state index is 0.823. The largest absolute Gasteiger partial charge is 0.497 e. The fourth-order valence-electron chi connectivity index (χ4n) is 4.77. The highest BCUT2D eigenvalue weighted by atomic mass is 16.5. The van der Waals surface area contributed by atoms with Gasteiger partial charge in [-0.25, -0.2) is 0 Å². The molecule has 1 aromatic heterocycles. The average Bonchev–Trinajstić information content (AvgIpc) is 3.17. The van der Waals surface area contributed by atoms with Crippen LogP contribution in [0.15, 0.2) is 97.2 Å². The van der Waals surface area contributed by atoms with Gasteiger partial charge in [0.2, 0.25) is 0 Å². The molecule has 4 aromatic carbocycles. The van der Waals surface area contributed by atoms with Crippen LogP contribution >= 0.6 is 0 Å². The maximum Gasteiger partial charge on any atom is 0.120 e. The quantitative estimate of drug-likeness (QED) is 0.270. The van der Waals surface area contributed by atoms with E-state index in [-0.39, 0.29) is 0 Å². The van der Waals surface area contributed by atoms with Crippen LogP contribution in [0.2, 0.25) is 0 Å². The van der Waals surface area contributed by atoms with E-state index in [2.05, 4.69) is 116 Å². The molecule has 0 saturated carbocycles. The number of rotatable bonds is 6. The summed E-state index contributed by atoms with van der Waals surface area (Å²) in [4.78, 5) is 0. The van der Waals surface area contributed by atoms with E-state index in [4.69, 9.17) is 4.74 Å². The molecule has 0 aliphatic carbocycles. The van der Waals surface area contributed by atoms with Crippen molar-refractivity contribution in [2.75, 3.05) is 7.11 Å². The second-order valence-corrected chi connectivity index (χ2v) is 8.73. The third kappa shape index (κ3) is 4.17. The monoisotopic (exact) mass is 431 g/mol. The molecule has 1 heterocycles. The molecule has 0 amide bonds. The molecule has 0 atom stereocenters. The molecule has 0 unspecified atom stereocenters. The zero-order chi connectivity index (χ0) is 22.8. The summed E-state index contributed by atoms with van der Waals surface area (Å²) in [5.74, 6) is 0.887. The van der Waals surface area contributed by atoms with Gasteiger partial charge < -0.3 is 9.30 Å². The summed E-state index contributed by atoms with van der Waals surface area (Å²) in [6.07, 6.45) is 3.23. The lowest BCUT2D eigenvalue weighted by molar-refractivity contribution is 0.415. The van der Waals surface area contributed by atoms with Crippen molar-refractivity contribution in [3.8, 4) is 16.9 Å². The lowest BCUT2D eigenvalue weighted by Crippen LogP contribution is -2.02. The standard InChI is InChI=1S/C31H29NO/c1-22-10-7-8-14-28(22)29-15-9-13-25(23(29)2)20-32-21-26(18-24-11-5-4-6-12-24)30-17-16-27(33-3)19-31(30)32/h4-17,19,21H,18,20H2,1-3H3. The second-order valence-electron chi connectivity index (χ2n) is 8.73. The Morgan fingerprint density at radius 3 is 2.27 bits per heavy atom. The summed E-state index contributed by atoms with van der Waals surface area (Å²) in [7, 11) is 1.73. The molecule has 164 valence electrons. The summed E-state index contributed by atoms with van der Waals surface area (Å²) in [5.41, 5.74) is 10.5. The molecule has 0 aliphatic heterocycles. The molecule has 0 saturated heterocycles. The van der Waals surface area contributed by atoms with Crippen LogP contribution in [0.3, 0.4) is 0 Å². The van der Waals surface area contributed by atoms with Crippen molar-refractivity contribution >= 4 is 10.9 Å². The van der Waals surface area contributed by atoms with E-state index in [9.17, 15) is 0 Å². The Labute approximate surface area is 196 Å². The molecule has 0 spiro atoms. The Morgan fingerprint density at radius 2 is 1.48 bits per heavy atom. The number of hydrogen-bond acceptors (Lipinski definition) is 1. The highest BCUT2D eigenvalue weighted by Crippen LogP contribution is 2.31. The van der Waals surface area contributed by atoms with E-state index in [0.717, 1.165) is 18.7 Å². The molecule has 33 heavy (non-hydrogen) atoms. The summed E-state index contributed by atoms with van der Waals surface area (Å²) in [6, 6.07) is 32.4. The van der Waals surface area contributed by atoms with Crippen LogP contribution in [0, 0.1) is 13.8 Å². The van der Waals surface area contributed by atoms with E-state index in [1.54, 1.807) is 7.11 Å². The van der Waals surface area contributed by atoms with Crippen molar-refractivity contribution in [1.82, 2.24) is 4.57 Å². The summed E-state index contributed by atoms with van der Waals surface area (Å²) in [6.45, 7) is 5.25. The first-order valence-electron chi connectivity index (χ1n) is 11.5. The van der Waals surface area contributed by atoms with Crippen molar-refractivity contribution in [3.63, 3.8) is 0 Å². The Hall–Kier alpha value is -3.78. The lowest BCUT2D eigenvalue weighted by atomic mass is 9.93. The SMILES string of the molecule is COc1ccc2c(Cc3ccccc3)cn(Cc3cccc(-c4ccccc4C)c3C)c2c1. The van der Waals surface area contributed by atoms with Gasteiger partial charge in [-0.3, -0.25) is 0 Å². The van der Waals surface area contributed by atoms with Crippen LogP contribution in [0.4, 0.5) is 0 Å². The van der Waals surface area contributed by atoms with Crippen LogP contribution in [0.5, 0.6) is 5.75 Å². The predicted molar refractivity (Wildman–Crippen MR) is 138 cm³/mol. The molecular formula is C31H29NO. The molecule has 2 heteroatoms. The average molecular weight is 432 g/mol. The van der Waals surface area contributed by atoms with Crippen LogP contribution in [0.25, 0.3) is 22.0 Å². The zero-order valence-corrected chi connectivity index (χ0v) is 19.5. The van der Waals surface area contributed by atoms with Gasteiger partial charge in [0.05, 0.1) is 12.6 Å². The molecule has 0 N–H and O–H groups in total. The number of aryl methyl sites for hydroxylation is 1. The van der Waals surface area contributed by atoms with Crippen molar-refractivity contribution in [2.24, 2.45) is 0 Å². The van der Waals surface area contributed by atoms with Gasteiger partial charge in [-0.05, 0) is 71.3 Å². The maximum atomic E-state index is 5.56. The van der Waals surface area contributed by atoms with Crippen LogP contribution in [-0.2, 0) is 13.0 Å². The van der Waals surface area contributed by atoms with Crippen LogP contribution in [0.1, 0.15) is 27.8 Å². The highest BCUT2D eigenvalue weighted by molar-refractivity contribution is 5.86. The summed E-state index contributed by atoms with van der Waals surface area (Å²) >= 11 is 0. The fourth-order valence-corrected chi connectivity index (χ4v) is 4.77. The second kappa shape index (κ2) is 8.99. The number of hydrogen-bond donors (Lipinski definition) is 0. The Morgan fingerprint density at radius 1 is 0.727 bits per heavy atom. The summed E-state index contributed by atoms with van der Waals surface area (Å²) in [5, 5.41) is 1.28. The molecule has 0 bridgehead atoms. The van der Waals surface area contributed by atoms with E-state index in [1.165, 1.54) is 49.8 Å². The predicted octanol–water partition coefficient (Wildman–Crippen LogP) is 7.57. The third-order valence-corrected chi connectivity index (χ3v) is 6.63. The molecule has 5 aromatic rings. The lowest BCUT2D eigenvalue weighted by Gasteiger charge is -2.15. The van der Waals surface area contributed by atoms with Crippen molar-refractivity contribution < 1.29 is 4.74 Å². The summed E-state index contributed by atoms with van der Waals surface area (Å²) < 4.78 is 7.93. The number of fused-ring (bicyclic) bond motifs is 1. The minimum Gasteiger partial charge on any atom is -0.497 e. The van der Waals surface area contributed by atoms with E-state index in [0.29, 0.717) is 0 Å². The Balaban J connectivity index is 1.58. The first kappa shape index (κ1) is 21.1. The maximum absolute atomic E-state index is 5.56. The van der Waals surface area contributed by atoms with Crippen molar-refractivity contribution in [1.29, 1.82) is 0 Å². The van der Waals surface area contributed by atoms with Crippen LogP contribution in [-0.4, -0.2) is 11.7 Å². The van der Waals surface area contributed by atoms with Gasteiger partial charge in [-0.1, -0.05) is 72.8 Å². The van der Waals surface area contributed by atoms with E-state index >= 15 is 0 Å². The van der Waals surface area contributed by atoms with Crippen molar-refractivity contribution in [2.45, 2.75) is 26.8 Å².